The molecule has 238 valence electrons. The monoisotopic (exact) mass is 610 g/mol. The average Bonchev–Trinajstić information content (AvgIpc) is 3.58. The molecule has 5 rings (SSSR count). The standard InChI is InChI=1S/C32H43FN6O5/c1-31(2,3)44-30(42)39-16-14-37(15-17-39)24-9-12-38(13-10-24)29(41)35-20-21-7-8-23(18-25(21)33)36-28(40)27-26(32(27,4)43)22-6-5-11-34-19-22/h5-8,11,18-19,24,26-27,43H,9-10,12-17,20H2,1-4H3,(H,35,41)(H,36,40). The van der Waals surface area contributed by atoms with Crippen molar-refractivity contribution in [2.45, 2.75) is 70.2 Å². The van der Waals surface area contributed by atoms with Gasteiger partial charge in [-0.05, 0) is 64.3 Å². The number of rotatable bonds is 6. The summed E-state index contributed by atoms with van der Waals surface area (Å²) in [7, 11) is 0. The highest BCUT2D eigenvalue weighted by atomic mass is 19.1. The molecule has 3 N–H and O–H groups in total. The fraction of sp³-hybridized carbons (Fsp3) is 0.562. The Morgan fingerprint density at radius 3 is 2.39 bits per heavy atom. The SMILES string of the molecule is CC(C)(C)OC(=O)N1CCN(C2CCN(C(=O)NCc3ccc(NC(=O)C4C(c5cccnc5)C4(C)O)cc3F)CC2)CC1. The van der Waals surface area contributed by atoms with E-state index in [2.05, 4.69) is 20.5 Å². The average molecular weight is 611 g/mol. The number of amides is 4. The van der Waals surface area contributed by atoms with Crippen LogP contribution in [0.3, 0.4) is 0 Å². The van der Waals surface area contributed by atoms with E-state index in [1.165, 1.54) is 12.1 Å². The lowest BCUT2D eigenvalue weighted by atomic mass is 10.0. The van der Waals surface area contributed by atoms with Crippen LogP contribution in [-0.4, -0.2) is 99.3 Å². The number of nitrogens with one attached hydrogen (secondary N) is 2. The summed E-state index contributed by atoms with van der Waals surface area (Å²) in [5.74, 6) is -1.98. The molecule has 1 aromatic heterocycles. The minimum atomic E-state index is -1.21. The van der Waals surface area contributed by atoms with Gasteiger partial charge in [0.2, 0.25) is 5.91 Å². The van der Waals surface area contributed by atoms with Crippen molar-refractivity contribution in [3.8, 4) is 0 Å². The number of benzene rings is 1. The van der Waals surface area contributed by atoms with Gasteiger partial charge >= 0.3 is 12.1 Å². The van der Waals surface area contributed by atoms with Crippen molar-refractivity contribution in [3.05, 3.63) is 59.7 Å². The van der Waals surface area contributed by atoms with Gasteiger partial charge < -0.3 is 30.3 Å². The Hall–Kier alpha value is -3.77. The highest BCUT2D eigenvalue weighted by Gasteiger charge is 2.65. The van der Waals surface area contributed by atoms with Crippen LogP contribution in [0.25, 0.3) is 0 Å². The van der Waals surface area contributed by atoms with Gasteiger partial charge in [-0.1, -0.05) is 12.1 Å². The molecule has 2 saturated heterocycles. The van der Waals surface area contributed by atoms with Gasteiger partial charge in [-0.3, -0.25) is 14.7 Å². The molecule has 44 heavy (non-hydrogen) atoms. The summed E-state index contributed by atoms with van der Waals surface area (Å²) in [4.78, 5) is 48.0. The zero-order chi connectivity index (χ0) is 31.6. The first-order valence-electron chi connectivity index (χ1n) is 15.3. The van der Waals surface area contributed by atoms with E-state index in [0.717, 1.165) is 31.5 Å². The number of carbonyl (C=O) groups excluding carboxylic acids is 3. The van der Waals surface area contributed by atoms with E-state index < -0.39 is 28.8 Å². The second-order valence-electron chi connectivity index (χ2n) is 13.1. The number of aromatic nitrogens is 1. The van der Waals surface area contributed by atoms with Crippen LogP contribution in [0.1, 0.15) is 57.6 Å². The normalized spacial score (nSPS) is 24.5. The largest absolute Gasteiger partial charge is 0.444 e. The van der Waals surface area contributed by atoms with E-state index in [-0.39, 0.29) is 30.3 Å². The van der Waals surface area contributed by atoms with Gasteiger partial charge in [-0.15, -0.1) is 0 Å². The summed E-state index contributed by atoms with van der Waals surface area (Å²) in [6.07, 6.45) is 4.65. The maximum Gasteiger partial charge on any atom is 0.410 e. The van der Waals surface area contributed by atoms with Crippen LogP contribution in [0.15, 0.2) is 42.7 Å². The summed E-state index contributed by atoms with van der Waals surface area (Å²) < 4.78 is 20.4. The highest BCUT2D eigenvalue weighted by molar-refractivity contribution is 5.97. The predicted octanol–water partition coefficient (Wildman–Crippen LogP) is 3.55. The molecule has 3 aliphatic rings. The molecule has 4 amide bonds. The van der Waals surface area contributed by atoms with Crippen molar-refractivity contribution < 1.29 is 28.6 Å². The summed E-state index contributed by atoms with van der Waals surface area (Å²) >= 11 is 0. The topological polar surface area (TPSA) is 127 Å². The molecule has 11 nitrogen and oxygen atoms in total. The molecule has 0 spiro atoms. The van der Waals surface area contributed by atoms with Gasteiger partial charge in [0.1, 0.15) is 11.4 Å². The van der Waals surface area contributed by atoms with E-state index >= 15 is 0 Å². The fourth-order valence-electron chi connectivity index (χ4n) is 6.31. The number of likely N-dealkylation sites (tertiary alicyclic amines) is 1. The Balaban J connectivity index is 1.04. The number of hydrogen-bond donors (Lipinski definition) is 3. The van der Waals surface area contributed by atoms with Crippen molar-refractivity contribution in [2.75, 3.05) is 44.6 Å². The molecule has 12 heteroatoms. The minimum absolute atomic E-state index is 0.0197. The van der Waals surface area contributed by atoms with Crippen LogP contribution in [-0.2, 0) is 16.1 Å². The summed E-state index contributed by atoms with van der Waals surface area (Å²) in [5, 5.41) is 16.2. The Morgan fingerprint density at radius 1 is 1.07 bits per heavy atom. The zero-order valence-electron chi connectivity index (χ0n) is 25.9. The van der Waals surface area contributed by atoms with Crippen LogP contribution >= 0.6 is 0 Å². The van der Waals surface area contributed by atoms with Gasteiger partial charge in [-0.25, -0.2) is 14.0 Å². The quantitative estimate of drug-likeness (QED) is 0.457. The van der Waals surface area contributed by atoms with Crippen LogP contribution < -0.4 is 10.6 Å². The molecule has 3 atom stereocenters. The number of anilines is 1. The van der Waals surface area contributed by atoms with Gasteiger partial charge in [0.05, 0.1) is 11.5 Å². The molecule has 0 bridgehead atoms. The number of hydrogen-bond acceptors (Lipinski definition) is 7. The zero-order valence-corrected chi connectivity index (χ0v) is 25.9. The molecular formula is C32H43FN6O5. The van der Waals surface area contributed by atoms with Crippen molar-refractivity contribution >= 4 is 23.7 Å². The molecule has 3 heterocycles. The van der Waals surface area contributed by atoms with E-state index in [4.69, 9.17) is 4.74 Å². The number of halogens is 1. The lowest BCUT2D eigenvalue weighted by Gasteiger charge is -2.42. The molecular weight excluding hydrogens is 567 g/mol. The van der Waals surface area contributed by atoms with Crippen LogP contribution in [0.4, 0.5) is 19.7 Å². The molecule has 3 unspecified atom stereocenters. The first kappa shape index (κ1) is 31.6. The number of ether oxygens (including phenoxy) is 1. The van der Waals surface area contributed by atoms with Crippen LogP contribution in [0, 0.1) is 11.7 Å². The van der Waals surface area contributed by atoms with Crippen molar-refractivity contribution in [2.24, 2.45) is 5.92 Å². The first-order chi connectivity index (χ1) is 20.8. The van der Waals surface area contributed by atoms with E-state index in [9.17, 15) is 23.9 Å². The van der Waals surface area contributed by atoms with Crippen LogP contribution in [0.2, 0.25) is 0 Å². The van der Waals surface area contributed by atoms with Gasteiger partial charge in [-0.2, -0.15) is 0 Å². The van der Waals surface area contributed by atoms with Crippen molar-refractivity contribution in [1.82, 2.24) is 25.0 Å². The van der Waals surface area contributed by atoms with E-state index in [1.54, 1.807) is 41.2 Å². The Morgan fingerprint density at radius 2 is 1.77 bits per heavy atom. The number of carbonyl (C=O) groups is 3. The Labute approximate surface area is 257 Å². The molecule has 1 saturated carbocycles. The molecule has 2 aliphatic heterocycles. The third kappa shape index (κ3) is 7.29. The second-order valence-corrected chi connectivity index (χ2v) is 13.1. The van der Waals surface area contributed by atoms with Crippen molar-refractivity contribution in [1.29, 1.82) is 0 Å². The summed E-state index contributed by atoms with van der Waals surface area (Å²) in [5.41, 5.74) is -0.358. The predicted molar refractivity (Wildman–Crippen MR) is 162 cm³/mol. The smallest absolute Gasteiger partial charge is 0.410 e. The molecule has 0 radical (unpaired) electrons. The number of piperidine rings is 1. The fourth-order valence-corrected chi connectivity index (χ4v) is 6.31. The Bertz CT molecular complexity index is 1350. The van der Waals surface area contributed by atoms with Crippen molar-refractivity contribution in [3.63, 3.8) is 0 Å². The second kappa shape index (κ2) is 12.7. The summed E-state index contributed by atoms with van der Waals surface area (Å²) in [6.45, 7) is 11.2. The molecule has 1 aliphatic carbocycles. The first-order valence-corrected chi connectivity index (χ1v) is 15.3. The number of pyridine rings is 1. The van der Waals surface area contributed by atoms with Gasteiger partial charge in [0, 0.05) is 81.4 Å². The molecule has 2 aromatic rings. The lowest BCUT2D eigenvalue weighted by molar-refractivity contribution is -0.118. The lowest BCUT2D eigenvalue weighted by Crippen LogP contribution is -2.55. The third-order valence-corrected chi connectivity index (χ3v) is 8.79. The maximum atomic E-state index is 14.9. The number of piperazine rings is 1. The minimum Gasteiger partial charge on any atom is -0.444 e. The molecule has 3 fully saturated rings. The van der Waals surface area contributed by atoms with E-state index in [0.29, 0.717) is 37.8 Å². The van der Waals surface area contributed by atoms with Gasteiger partial charge in [0.25, 0.3) is 0 Å². The Kier molecular flexibility index (Phi) is 9.12. The summed E-state index contributed by atoms with van der Waals surface area (Å²) in [6, 6.07) is 8.04. The number of nitrogens with zero attached hydrogens (tertiary/aromatic N) is 4. The molecule has 1 aromatic carbocycles. The van der Waals surface area contributed by atoms with Crippen LogP contribution in [0.5, 0.6) is 0 Å². The third-order valence-electron chi connectivity index (χ3n) is 8.79. The number of urea groups is 1. The van der Waals surface area contributed by atoms with Gasteiger partial charge in [0.15, 0.2) is 0 Å². The highest BCUT2D eigenvalue weighted by Crippen LogP contribution is 2.57. The maximum absolute atomic E-state index is 14.9. The number of aliphatic hydroxyl groups is 1. The van der Waals surface area contributed by atoms with E-state index in [1.807, 2.05) is 26.8 Å².